The van der Waals surface area contributed by atoms with Crippen LogP contribution >= 0.6 is 0 Å². The second kappa shape index (κ2) is 10.8. The van der Waals surface area contributed by atoms with E-state index in [-0.39, 0.29) is 36.1 Å². The Labute approximate surface area is 219 Å². The SMILES string of the molecule is CCc1ccc(C)c(C2C=c3c(C(C)=NC(=N)/C=C4/CN(C(C)C)C(=O)CN4)c(O)[nH]c3=CC2CC)c1. The maximum Gasteiger partial charge on any atom is 0.242 e. The second-order valence-corrected chi connectivity index (χ2v) is 10.4. The molecular formula is C30H39N5O2. The summed E-state index contributed by atoms with van der Waals surface area (Å²) < 4.78 is 0. The molecule has 2 aromatic rings. The van der Waals surface area contributed by atoms with E-state index >= 15 is 0 Å². The van der Waals surface area contributed by atoms with Crippen LogP contribution in [-0.2, 0) is 11.2 Å². The maximum absolute atomic E-state index is 12.1. The third-order valence-electron chi connectivity index (χ3n) is 7.53. The summed E-state index contributed by atoms with van der Waals surface area (Å²) in [6.45, 7) is 13.0. The Morgan fingerprint density at radius 3 is 2.73 bits per heavy atom. The molecule has 1 fully saturated rings. The Morgan fingerprint density at radius 2 is 2.05 bits per heavy atom. The van der Waals surface area contributed by atoms with Gasteiger partial charge in [0.05, 0.1) is 24.4 Å². The standard InChI is InChI=1S/C30H39N5O2/c1-7-20-10-9-18(5)23(11-20)24-14-25-26(12-21(24)8-2)34-30(37)29(25)19(6)33-27(31)13-22-16-35(17(3)4)28(36)15-32-22/h9-14,17,21,24,31-32,34,37H,7-8,15-16H2,1-6H3/b22-13-,31-27?,33-19?. The molecule has 1 saturated heterocycles. The third kappa shape index (κ3) is 5.41. The van der Waals surface area contributed by atoms with E-state index in [9.17, 15) is 9.90 Å². The first-order chi connectivity index (χ1) is 17.6. The van der Waals surface area contributed by atoms with Gasteiger partial charge >= 0.3 is 0 Å². The summed E-state index contributed by atoms with van der Waals surface area (Å²) in [5.74, 6) is 0.697. The van der Waals surface area contributed by atoms with Gasteiger partial charge < -0.3 is 20.3 Å². The van der Waals surface area contributed by atoms with Gasteiger partial charge in [-0.15, -0.1) is 0 Å². The lowest BCUT2D eigenvalue weighted by atomic mass is 9.78. The highest BCUT2D eigenvalue weighted by Crippen LogP contribution is 2.34. The molecule has 2 unspecified atom stereocenters. The molecule has 196 valence electrons. The molecule has 1 aliphatic heterocycles. The number of aryl methyl sites for hydroxylation is 2. The number of hydrogen-bond acceptors (Lipinski definition) is 4. The molecule has 4 rings (SSSR count). The van der Waals surface area contributed by atoms with Gasteiger partial charge in [-0.3, -0.25) is 10.2 Å². The first kappa shape index (κ1) is 26.5. The van der Waals surface area contributed by atoms with E-state index in [4.69, 9.17) is 5.41 Å². The molecule has 37 heavy (non-hydrogen) atoms. The van der Waals surface area contributed by atoms with Crippen LogP contribution in [0.5, 0.6) is 5.88 Å². The van der Waals surface area contributed by atoms with Gasteiger partial charge in [-0.05, 0) is 63.1 Å². The maximum atomic E-state index is 12.1. The van der Waals surface area contributed by atoms with Crippen LogP contribution in [0, 0.1) is 18.3 Å². The summed E-state index contributed by atoms with van der Waals surface area (Å²) in [5.41, 5.74) is 5.89. The Bertz CT molecular complexity index is 1400. The predicted octanol–water partition coefficient (Wildman–Crippen LogP) is 3.49. The van der Waals surface area contributed by atoms with Crippen LogP contribution in [0.4, 0.5) is 0 Å². The molecule has 4 N–H and O–H groups in total. The Morgan fingerprint density at radius 1 is 1.30 bits per heavy atom. The van der Waals surface area contributed by atoms with Crippen molar-refractivity contribution in [3.8, 4) is 5.88 Å². The van der Waals surface area contributed by atoms with Crippen molar-refractivity contribution in [2.45, 2.75) is 66.3 Å². The van der Waals surface area contributed by atoms with Crippen molar-refractivity contribution >= 4 is 29.6 Å². The molecule has 7 nitrogen and oxygen atoms in total. The lowest BCUT2D eigenvalue weighted by Gasteiger charge is -2.32. The number of nitrogens with zero attached hydrogens (tertiary/aromatic N) is 2. The van der Waals surface area contributed by atoms with Crippen LogP contribution in [0.25, 0.3) is 12.2 Å². The Hall–Kier alpha value is -3.61. The number of aromatic hydroxyl groups is 1. The fraction of sp³-hybridized carbons (Fsp3) is 0.433. The minimum atomic E-state index is 0.0497. The minimum absolute atomic E-state index is 0.0497. The third-order valence-corrected chi connectivity index (χ3v) is 7.53. The topological polar surface area (TPSA) is 105 Å². The number of carbonyl (C=O) groups excluding carboxylic acids is 1. The van der Waals surface area contributed by atoms with Gasteiger partial charge in [0.15, 0.2) is 5.88 Å². The molecule has 0 saturated carbocycles. The Kier molecular flexibility index (Phi) is 7.71. The molecule has 2 aliphatic rings. The van der Waals surface area contributed by atoms with Crippen molar-refractivity contribution in [2.75, 3.05) is 13.1 Å². The summed E-state index contributed by atoms with van der Waals surface area (Å²) in [6.07, 6.45) is 8.12. The van der Waals surface area contributed by atoms with Gasteiger partial charge in [0.1, 0.15) is 5.84 Å². The first-order valence-electron chi connectivity index (χ1n) is 13.2. The number of aromatic nitrogens is 1. The lowest BCUT2D eigenvalue weighted by Crippen LogP contribution is -2.49. The van der Waals surface area contributed by atoms with Gasteiger partial charge in [0.25, 0.3) is 0 Å². The fourth-order valence-electron chi connectivity index (χ4n) is 5.39. The van der Waals surface area contributed by atoms with Crippen molar-refractivity contribution in [2.24, 2.45) is 10.9 Å². The van der Waals surface area contributed by atoms with Crippen LogP contribution < -0.4 is 15.9 Å². The van der Waals surface area contributed by atoms with Gasteiger partial charge in [-0.25, -0.2) is 4.99 Å². The lowest BCUT2D eigenvalue weighted by molar-refractivity contribution is -0.132. The average Bonchev–Trinajstić information content (AvgIpc) is 3.19. The largest absolute Gasteiger partial charge is 0.494 e. The molecule has 7 heteroatoms. The van der Waals surface area contributed by atoms with Crippen LogP contribution in [0.3, 0.4) is 0 Å². The number of nitrogens with one attached hydrogen (secondary N) is 3. The summed E-state index contributed by atoms with van der Waals surface area (Å²) in [4.78, 5) is 21.6. The summed E-state index contributed by atoms with van der Waals surface area (Å²) in [6, 6.07) is 6.80. The number of hydrogen-bond donors (Lipinski definition) is 4. The quantitative estimate of drug-likeness (QED) is 0.360. The number of aliphatic imine (C=N–C) groups is 1. The zero-order valence-corrected chi connectivity index (χ0v) is 22.8. The zero-order chi connectivity index (χ0) is 26.9. The van der Waals surface area contributed by atoms with E-state index in [0.717, 1.165) is 29.1 Å². The highest BCUT2D eigenvalue weighted by molar-refractivity contribution is 6.10. The number of fused-ring (bicyclic) bond motifs is 1. The number of carbonyl (C=O) groups is 1. The molecule has 0 spiro atoms. The molecule has 1 aromatic heterocycles. The van der Waals surface area contributed by atoms with Gasteiger partial charge in [0, 0.05) is 34.3 Å². The summed E-state index contributed by atoms with van der Waals surface area (Å²) in [7, 11) is 0. The van der Waals surface area contributed by atoms with Gasteiger partial charge in [0.2, 0.25) is 5.91 Å². The van der Waals surface area contributed by atoms with Gasteiger partial charge in [-0.2, -0.15) is 0 Å². The van der Waals surface area contributed by atoms with E-state index in [0.29, 0.717) is 23.7 Å². The summed E-state index contributed by atoms with van der Waals surface area (Å²) >= 11 is 0. The Balaban J connectivity index is 1.71. The van der Waals surface area contributed by atoms with Crippen molar-refractivity contribution in [3.05, 3.63) is 62.8 Å². The average molecular weight is 502 g/mol. The smallest absolute Gasteiger partial charge is 0.242 e. The minimum Gasteiger partial charge on any atom is -0.494 e. The van der Waals surface area contributed by atoms with E-state index < -0.39 is 0 Å². The molecule has 2 atom stereocenters. The predicted molar refractivity (Wildman–Crippen MR) is 151 cm³/mol. The number of rotatable bonds is 6. The number of piperazine rings is 1. The molecular weight excluding hydrogens is 462 g/mol. The van der Waals surface area contributed by atoms with Crippen molar-refractivity contribution < 1.29 is 9.90 Å². The van der Waals surface area contributed by atoms with Crippen LogP contribution in [0.1, 0.15) is 69.2 Å². The monoisotopic (exact) mass is 501 g/mol. The van der Waals surface area contributed by atoms with E-state index in [2.05, 4.69) is 66.4 Å². The highest BCUT2D eigenvalue weighted by atomic mass is 16.3. The van der Waals surface area contributed by atoms with Gasteiger partial charge in [-0.1, -0.05) is 44.2 Å². The normalized spacial score (nSPS) is 20.9. The van der Waals surface area contributed by atoms with E-state index in [1.807, 2.05) is 20.8 Å². The van der Waals surface area contributed by atoms with Crippen molar-refractivity contribution in [1.29, 1.82) is 5.41 Å². The van der Waals surface area contributed by atoms with Crippen LogP contribution in [-0.4, -0.2) is 51.6 Å². The first-order valence-corrected chi connectivity index (χ1v) is 13.2. The number of amides is 1. The van der Waals surface area contributed by atoms with Crippen molar-refractivity contribution in [3.63, 3.8) is 0 Å². The number of aromatic amines is 1. The van der Waals surface area contributed by atoms with Crippen LogP contribution in [0.15, 0.2) is 35.0 Å². The number of amidine groups is 1. The van der Waals surface area contributed by atoms with E-state index in [1.54, 1.807) is 11.0 Å². The molecule has 1 amide bonds. The zero-order valence-electron chi connectivity index (χ0n) is 22.8. The molecule has 1 aromatic carbocycles. The molecule has 0 bridgehead atoms. The van der Waals surface area contributed by atoms with Crippen LogP contribution in [0.2, 0.25) is 0 Å². The molecule has 2 heterocycles. The number of benzene rings is 1. The summed E-state index contributed by atoms with van der Waals surface area (Å²) in [5, 5.41) is 24.3. The highest BCUT2D eigenvalue weighted by Gasteiger charge is 2.26. The second-order valence-electron chi connectivity index (χ2n) is 10.4. The molecule has 1 aliphatic carbocycles. The fourth-order valence-corrected chi connectivity index (χ4v) is 5.39. The number of H-pyrrole nitrogens is 1. The van der Waals surface area contributed by atoms with Crippen molar-refractivity contribution in [1.82, 2.24) is 15.2 Å². The van der Waals surface area contributed by atoms with E-state index in [1.165, 1.54) is 16.7 Å². The molecule has 0 radical (unpaired) electrons.